The summed E-state index contributed by atoms with van der Waals surface area (Å²) in [6, 6.07) is 2.33. The van der Waals surface area contributed by atoms with Gasteiger partial charge in [0, 0.05) is 13.1 Å². The molecule has 36 heavy (non-hydrogen) atoms. The van der Waals surface area contributed by atoms with Crippen molar-refractivity contribution in [1.82, 2.24) is 10.6 Å². The van der Waals surface area contributed by atoms with E-state index in [1.807, 2.05) is 13.8 Å². The van der Waals surface area contributed by atoms with Crippen molar-refractivity contribution in [1.29, 1.82) is 0 Å². The molecule has 2 saturated carbocycles. The summed E-state index contributed by atoms with van der Waals surface area (Å²) in [5, 5.41) is 5.92. The smallest absolute Gasteiger partial charge is 0.407 e. The van der Waals surface area contributed by atoms with E-state index < -0.39 is 12.2 Å². The van der Waals surface area contributed by atoms with Gasteiger partial charge >= 0.3 is 12.2 Å². The van der Waals surface area contributed by atoms with Gasteiger partial charge < -0.3 is 20.1 Å². The predicted octanol–water partition coefficient (Wildman–Crippen LogP) is 7.30. The average Bonchev–Trinajstić information content (AvgIpc) is 2.90. The van der Waals surface area contributed by atoms with E-state index in [1.165, 1.54) is 87.3 Å². The van der Waals surface area contributed by atoms with E-state index in [0.29, 0.717) is 32.2 Å². The highest BCUT2D eigenvalue weighted by Gasteiger charge is 2.25. The zero-order valence-corrected chi connectivity index (χ0v) is 22.9. The van der Waals surface area contributed by atoms with Crippen LogP contribution in [0.3, 0.4) is 0 Å². The quantitative estimate of drug-likeness (QED) is 0.334. The molecule has 1 aromatic carbocycles. The Bertz CT molecular complexity index is 842. The molecule has 2 fully saturated rings. The lowest BCUT2D eigenvalue weighted by Gasteiger charge is -2.30. The number of benzene rings is 1. The van der Waals surface area contributed by atoms with Crippen molar-refractivity contribution in [2.24, 2.45) is 5.92 Å². The normalized spacial score (nSPS) is 17.0. The van der Waals surface area contributed by atoms with Crippen molar-refractivity contribution in [3.05, 3.63) is 33.9 Å². The first-order valence-electron chi connectivity index (χ1n) is 14.5. The van der Waals surface area contributed by atoms with Gasteiger partial charge in [-0.05, 0) is 85.6 Å². The number of hydrogen-bond donors (Lipinski definition) is 2. The summed E-state index contributed by atoms with van der Waals surface area (Å²) in [6.45, 7) is 7.41. The van der Waals surface area contributed by atoms with E-state index in [2.05, 4.69) is 23.6 Å². The Kier molecular flexibility index (Phi) is 11.9. The molecule has 0 radical (unpaired) electrons. The third kappa shape index (κ3) is 8.14. The molecule has 0 bridgehead atoms. The van der Waals surface area contributed by atoms with E-state index in [4.69, 9.17) is 9.47 Å². The molecule has 0 atom stereocenters. The molecule has 1 aromatic rings. The van der Waals surface area contributed by atoms with Crippen LogP contribution in [0.25, 0.3) is 0 Å². The highest BCUT2D eigenvalue weighted by atomic mass is 16.6. The van der Waals surface area contributed by atoms with E-state index in [1.54, 1.807) is 0 Å². The van der Waals surface area contributed by atoms with Crippen LogP contribution in [0.5, 0.6) is 0 Å². The molecule has 6 nitrogen and oxygen atoms in total. The van der Waals surface area contributed by atoms with Crippen molar-refractivity contribution in [3.8, 4) is 0 Å². The monoisotopic (exact) mass is 500 g/mol. The first kappa shape index (κ1) is 28.3. The molecule has 3 rings (SSSR count). The maximum Gasteiger partial charge on any atom is 0.407 e. The average molecular weight is 501 g/mol. The third-order valence-corrected chi connectivity index (χ3v) is 8.10. The van der Waals surface area contributed by atoms with Crippen molar-refractivity contribution in [3.63, 3.8) is 0 Å². The lowest BCUT2D eigenvalue weighted by atomic mass is 9.76. The second-order valence-corrected chi connectivity index (χ2v) is 10.4. The van der Waals surface area contributed by atoms with Crippen LogP contribution in [0.4, 0.5) is 9.59 Å². The van der Waals surface area contributed by atoms with Crippen LogP contribution in [0, 0.1) is 5.92 Å². The summed E-state index contributed by atoms with van der Waals surface area (Å²) in [5.41, 5.74) is 6.57. The number of carbonyl (C=O) groups excluding carboxylic acids is 2. The fourth-order valence-corrected chi connectivity index (χ4v) is 6.30. The third-order valence-electron chi connectivity index (χ3n) is 8.10. The number of ether oxygens (including phenoxy) is 2. The Morgan fingerprint density at radius 1 is 0.778 bits per heavy atom. The van der Waals surface area contributed by atoms with Gasteiger partial charge in [-0.1, -0.05) is 64.4 Å². The maximum absolute atomic E-state index is 12.2. The molecule has 6 heteroatoms. The number of amides is 2. The second-order valence-electron chi connectivity index (χ2n) is 10.4. The lowest BCUT2D eigenvalue weighted by Crippen LogP contribution is -2.28. The topological polar surface area (TPSA) is 76.7 Å². The molecule has 2 aliphatic rings. The number of alkyl carbamates (subject to hydrolysis) is 2. The summed E-state index contributed by atoms with van der Waals surface area (Å²) in [4.78, 5) is 24.4. The number of nitrogens with one attached hydrogen (secondary N) is 2. The SMILES string of the molecule is CCOC(=O)NCc1cc(C2CCCCC2)c(CC)c(CCC2CCCCC2)c1CNC(=O)OCC. The van der Waals surface area contributed by atoms with Crippen molar-refractivity contribution < 1.29 is 19.1 Å². The molecule has 2 N–H and O–H groups in total. The van der Waals surface area contributed by atoms with Crippen molar-refractivity contribution >= 4 is 12.2 Å². The van der Waals surface area contributed by atoms with Crippen LogP contribution in [0.15, 0.2) is 6.07 Å². The molecule has 0 aromatic heterocycles. The molecule has 0 unspecified atom stereocenters. The minimum absolute atomic E-state index is 0.345. The highest BCUT2D eigenvalue weighted by molar-refractivity contribution is 5.68. The molecular formula is C30H48N2O4. The van der Waals surface area contributed by atoms with E-state index in [-0.39, 0.29) is 0 Å². The number of hydrogen-bond acceptors (Lipinski definition) is 4. The Morgan fingerprint density at radius 3 is 1.94 bits per heavy atom. The van der Waals surface area contributed by atoms with Crippen LogP contribution in [0.2, 0.25) is 0 Å². The maximum atomic E-state index is 12.2. The number of carbonyl (C=O) groups is 2. The summed E-state index contributed by atoms with van der Waals surface area (Å²) in [7, 11) is 0. The van der Waals surface area contributed by atoms with E-state index in [0.717, 1.165) is 29.9 Å². The highest BCUT2D eigenvalue weighted by Crippen LogP contribution is 2.39. The fourth-order valence-electron chi connectivity index (χ4n) is 6.30. The van der Waals surface area contributed by atoms with Crippen molar-refractivity contribution in [2.75, 3.05) is 13.2 Å². The van der Waals surface area contributed by atoms with Gasteiger partial charge in [0.2, 0.25) is 0 Å². The Balaban J connectivity index is 1.99. The molecule has 0 spiro atoms. The second kappa shape index (κ2) is 15.1. The number of rotatable bonds is 11. The Morgan fingerprint density at radius 2 is 1.36 bits per heavy atom. The first-order valence-corrected chi connectivity index (χ1v) is 14.5. The zero-order chi connectivity index (χ0) is 25.8. The van der Waals surface area contributed by atoms with Gasteiger partial charge in [0.15, 0.2) is 0 Å². The van der Waals surface area contributed by atoms with Crippen LogP contribution in [-0.2, 0) is 35.4 Å². The van der Waals surface area contributed by atoms with Gasteiger partial charge in [0.1, 0.15) is 0 Å². The Labute approximate surface area is 218 Å². The van der Waals surface area contributed by atoms with Crippen LogP contribution >= 0.6 is 0 Å². The van der Waals surface area contributed by atoms with Gasteiger partial charge in [-0.25, -0.2) is 9.59 Å². The summed E-state index contributed by atoms with van der Waals surface area (Å²) < 4.78 is 10.3. The molecule has 0 heterocycles. The molecule has 0 aliphatic heterocycles. The largest absolute Gasteiger partial charge is 0.450 e. The Hall–Kier alpha value is -2.24. The molecule has 202 valence electrons. The van der Waals surface area contributed by atoms with Crippen LogP contribution in [-0.4, -0.2) is 25.4 Å². The standard InChI is InChI=1S/C30H48N2O4/c1-4-25-26(18-17-22-13-9-7-10-14-22)28(21-32-30(34)36-6-3)24(20-31-29(33)35-5-2)19-27(25)23-15-11-8-12-16-23/h19,22-23H,4-18,20-21H2,1-3H3,(H,31,33)(H,32,34). The predicted molar refractivity (Wildman–Crippen MR) is 144 cm³/mol. The minimum atomic E-state index is -0.399. The van der Waals surface area contributed by atoms with Crippen molar-refractivity contribution in [2.45, 2.75) is 123 Å². The zero-order valence-electron chi connectivity index (χ0n) is 22.9. The molecule has 2 aliphatic carbocycles. The van der Waals surface area contributed by atoms with Crippen LogP contribution < -0.4 is 10.6 Å². The van der Waals surface area contributed by atoms with E-state index >= 15 is 0 Å². The molecular weight excluding hydrogens is 452 g/mol. The lowest BCUT2D eigenvalue weighted by molar-refractivity contribution is 0.150. The minimum Gasteiger partial charge on any atom is -0.450 e. The van der Waals surface area contributed by atoms with Gasteiger partial charge in [0.25, 0.3) is 0 Å². The first-order chi connectivity index (χ1) is 17.6. The fraction of sp³-hybridized carbons (Fsp3) is 0.733. The summed E-state index contributed by atoms with van der Waals surface area (Å²) in [6.07, 6.45) is 15.5. The van der Waals surface area contributed by atoms with Gasteiger partial charge in [-0.15, -0.1) is 0 Å². The van der Waals surface area contributed by atoms with Gasteiger partial charge in [0.05, 0.1) is 13.2 Å². The van der Waals surface area contributed by atoms with Crippen LogP contribution in [0.1, 0.15) is 125 Å². The summed E-state index contributed by atoms with van der Waals surface area (Å²) >= 11 is 0. The molecule has 0 saturated heterocycles. The molecule has 2 amide bonds. The van der Waals surface area contributed by atoms with Gasteiger partial charge in [-0.3, -0.25) is 0 Å². The summed E-state index contributed by atoms with van der Waals surface area (Å²) in [5.74, 6) is 1.37. The van der Waals surface area contributed by atoms with Gasteiger partial charge in [-0.2, -0.15) is 0 Å². The van der Waals surface area contributed by atoms with E-state index in [9.17, 15) is 9.59 Å².